The number of sulfonamides is 1. The van der Waals surface area contributed by atoms with Crippen LogP contribution < -0.4 is 9.47 Å². The monoisotopic (exact) mass is 370 g/mol. The van der Waals surface area contributed by atoms with Crippen LogP contribution in [0.5, 0.6) is 11.5 Å². The van der Waals surface area contributed by atoms with E-state index in [9.17, 15) is 18.0 Å². The summed E-state index contributed by atoms with van der Waals surface area (Å²) in [6.45, 7) is -0.0479. The Hall–Kier alpha value is -2.33. The lowest BCUT2D eigenvalue weighted by Gasteiger charge is -2.20. The lowest BCUT2D eigenvalue weighted by molar-refractivity contribution is -0.127. The van der Waals surface area contributed by atoms with Gasteiger partial charge in [0, 0.05) is 19.2 Å². The van der Waals surface area contributed by atoms with Gasteiger partial charge in [-0.25, -0.2) is 18.1 Å². The van der Waals surface area contributed by atoms with Crippen molar-refractivity contribution in [2.75, 3.05) is 33.9 Å². The van der Waals surface area contributed by atoms with E-state index in [1.165, 1.54) is 36.7 Å². The number of ether oxygens (including phenoxy) is 3. The van der Waals surface area contributed by atoms with E-state index < -0.39 is 28.1 Å². The predicted octanol–water partition coefficient (Wildman–Crippen LogP) is 0.446. The van der Waals surface area contributed by atoms with Crippen molar-refractivity contribution in [3.05, 3.63) is 18.2 Å². The number of imide groups is 1. The van der Waals surface area contributed by atoms with Crippen molar-refractivity contribution in [3.63, 3.8) is 0 Å². The van der Waals surface area contributed by atoms with Crippen LogP contribution in [0.25, 0.3) is 0 Å². The summed E-state index contributed by atoms with van der Waals surface area (Å²) in [5.41, 5.74) is 0. The fraction of sp³-hybridized carbons (Fsp3) is 0.467. The molecule has 2 aliphatic rings. The topological polar surface area (TPSA) is 102 Å². The maximum Gasteiger partial charge on any atom is 0.417 e. The predicted molar refractivity (Wildman–Crippen MR) is 84.9 cm³/mol. The second-order valence-electron chi connectivity index (χ2n) is 5.64. The van der Waals surface area contributed by atoms with E-state index in [1.54, 1.807) is 0 Å². The minimum atomic E-state index is -3.79. The average Bonchev–Trinajstić information content (AvgIpc) is 3.21. The first-order valence-electron chi connectivity index (χ1n) is 7.59. The number of hydrogen-bond donors (Lipinski definition) is 0. The molecule has 2 saturated heterocycles. The second-order valence-corrected chi connectivity index (χ2v) is 7.58. The highest BCUT2D eigenvalue weighted by Gasteiger charge is 2.43. The number of benzene rings is 1. The molecule has 2 aliphatic heterocycles. The number of amides is 2. The minimum absolute atomic E-state index is 0.0392. The van der Waals surface area contributed by atoms with Crippen molar-refractivity contribution in [2.45, 2.75) is 17.4 Å². The quantitative estimate of drug-likeness (QED) is 0.741. The standard InChI is InChI=1S/C15H18N2O7S/c1-22-12-4-3-11(7-13(12)23-2)25(20,21)16-6-5-10(8-16)17-14(18)9-24-15(17)19/h3-4,7,10H,5-6,8-9H2,1-2H3. The van der Waals surface area contributed by atoms with Gasteiger partial charge >= 0.3 is 6.09 Å². The van der Waals surface area contributed by atoms with Gasteiger partial charge in [0.05, 0.1) is 25.2 Å². The van der Waals surface area contributed by atoms with Gasteiger partial charge < -0.3 is 14.2 Å². The summed E-state index contributed by atoms with van der Waals surface area (Å²) < 4.78 is 41.9. The van der Waals surface area contributed by atoms with Crippen LogP contribution in [0.4, 0.5) is 4.79 Å². The molecule has 0 N–H and O–H groups in total. The Morgan fingerprint density at radius 3 is 2.48 bits per heavy atom. The highest BCUT2D eigenvalue weighted by molar-refractivity contribution is 7.89. The Kier molecular flexibility index (Phi) is 4.56. The molecule has 0 bridgehead atoms. The molecule has 10 heteroatoms. The molecule has 1 atom stereocenters. The number of cyclic esters (lactones) is 1. The molecular weight excluding hydrogens is 352 g/mol. The molecule has 0 saturated carbocycles. The molecule has 0 aliphatic carbocycles. The van der Waals surface area contributed by atoms with Crippen LogP contribution in [0.15, 0.2) is 23.1 Å². The number of carbonyl (C=O) groups excluding carboxylic acids is 2. The number of rotatable bonds is 5. The zero-order chi connectivity index (χ0) is 18.2. The summed E-state index contributed by atoms with van der Waals surface area (Å²) in [5, 5.41) is 0. The molecule has 0 spiro atoms. The highest BCUT2D eigenvalue weighted by Crippen LogP contribution is 2.32. The van der Waals surface area contributed by atoms with Gasteiger partial charge in [0.1, 0.15) is 0 Å². The van der Waals surface area contributed by atoms with E-state index in [0.717, 1.165) is 4.90 Å². The average molecular weight is 370 g/mol. The Balaban J connectivity index is 1.82. The van der Waals surface area contributed by atoms with Crippen molar-refractivity contribution in [2.24, 2.45) is 0 Å². The molecule has 3 rings (SSSR count). The first-order chi connectivity index (χ1) is 11.9. The second kappa shape index (κ2) is 6.52. The van der Waals surface area contributed by atoms with E-state index >= 15 is 0 Å². The Labute approximate surface area is 145 Å². The van der Waals surface area contributed by atoms with Crippen LogP contribution in [-0.4, -0.2) is 69.6 Å². The van der Waals surface area contributed by atoms with E-state index in [4.69, 9.17) is 14.2 Å². The largest absolute Gasteiger partial charge is 0.493 e. The van der Waals surface area contributed by atoms with Gasteiger partial charge in [-0.15, -0.1) is 0 Å². The van der Waals surface area contributed by atoms with Gasteiger partial charge in [0.15, 0.2) is 18.1 Å². The third-order valence-electron chi connectivity index (χ3n) is 4.27. The summed E-state index contributed by atoms with van der Waals surface area (Å²) in [4.78, 5) is 24.4. The van der Waals surface area contributed by atoms with Gasteiger partial charge in [-0.05, 0) is 18.6 Å². The first-order valence-corrected chi connectivity index (χ1v) is 9.03. The van der Waals surface area contributed by atoms with E-state index in [-0.39, 0.29) is 24.6 Å². The van der Waals surface area contributed by atoms with Crippen molar-refractivity contribution >= 4 is 22.0 Å². The van der Waals surface area contributed by atoms with Crippen LogP contribution in [-0.2, 0) is 19.6 Å². The minimum Gasteiger partial charge on any atom is -0.493 e. The van der Waals surface area contributed by atoms with Crippen molar-refractivity contribution in [1.82, 2.24) is 9.21 Å². The molecule has 1 unspecified atom stereocenters. The Bertz CT molecular complexity index is 792. The molecule has 136 valence electrons. The van der Waals surface area contributed by atoms with Gasteiger partial charge in [-0.3, -0.25) is 4.79 Å². The number of hydrogen-bond acceptors (Lipinski definition) is 7. The van der Waals surface area contributed by atoms with Gasteiger partial charge in [0.25, 0.3) is 5.91 Å². The lowest BCUT2D eigenvalue weighted by atomic mass is 10.2. The summed E-state index contributed by atoms with van der Waals surface area (Å²) in [5.74, 6) is 0.282. The summed E-state index contributed by atoms with van der Waals surface area (Å²) in [6.07, 6.45) is -0.353. The zero-order valence-corrected chi connectivity index (χ0v) is 14.6. The molecule has 0 aromatic heterocycles. The number of nitrogens with zero attached hydrogens (tertiary/aromatic N) is 2. The third kappa shape index (κ3) is 3.02. The molecule has 9 nitrogen and oxygen atoms in total. The Morgan fingerprint density at radius 1 is 1.16 bits per heavy atom. The molecular formula is C15H18N2O7S. The summed E-state index contributed by atoms with van der Waals surface area (Å²) >= 11 is 0. The SMILES string of the molecule is COc1ccc(S(=O)(=O)N2CCC(N3C(=O)COC3=O)C2)cc1OC. The van der Waals surface area contributed by atoms with E-state index in [2.05, 4.69) is 0 Å². The number of carbonyl (C=O) groups is 2. The molecule has 25 heavy (non-hydrogen) atoms. The van der Waals surface area contributed by atoms with Crippen molar-refractivity contribution < 1.29 is 32.2 Å². The molecule has 2 heterocycles. The van der Waals surface area contributed by atoms with Crippen molar-refractivity contribution in [1.29, 1.82) is 0 Å². The number of methoxy groups -OCH3 is 2. The fourth-order valence-corrected chi connectivity index (χ4v) is 4.49. The lowest BCUT2D eigenvalue weighted by Crippen LogP contribution is -2.42. The molecule has 1 aromatic carbocycles. The summed E-state index contributed by atoms with van der Waals surface area (Å²) in [7, 11) is -0.903. The van der Waals surface area contributed by atoms with Crippen molar-refractivity contribution in [3.8, 4) is 11.5 Å². The van der Waals surface area contributed by atoms with Gasteiger partial charge in [-0.2, -0.15) is 4.31 Å². The molecule has 0 radical (unpaired) electrons. The Morgan fingerprint density at radius 2 is 1.88 bits per heavy atom. The molecule has 2 amide bonds. The first kappa shape index (κ1) is 17.5. The summed E-state index contributed by atoms with van der Waals surface area (Å²) in [6, 6.07) is 3.81. The third-order valence-corrected chi connectivity index (χ3v) is 6.13. The smallest absolute Gasteiger partial charge is 0.417 e. The fourth-order valence-electron chi connectivity index (χ4n) is 2.98. The molecule has 2 fully saturated rings. The normalized spacial score (nSPS) is 21.5. The van der Waals surface area contributed by atoms with Crippen LogP contribution in [0.3, 0.4) is 0 Å². The van der Waals surface area contributed by atoms with Crippen LogP contribution in [0.1, 0.15) is 6.42 Å². The molecule has 1 aromatic rings. The zero-order valence-electron chi connectivity index (χ0n) is 13.8. The van der Waals surface area contributed by atoms with Gasteiger partial charge in [-0.1, -0.05) is 0 Å². The van der Waals surface area contributed by atoms with Crippen LogP contribution >= 0.6 is 0 Å². The maximum atomic E-state index is 12.8. The maximum absolute atomic E-state index is 12.8. The van der Waals surface area contributed by atoms with E-state index in [1.807, 2.05) is 0 Å². The highest BCUT2D eigenvalue weighted by atomic mass is 32.2. The van der Waals surface area contributed by atoms with E-state index in [0.29, 0.717) is 17.9 Å². The van der Waals surface area contributed by atoms with Gasteiger partial charge in [0.2, 0.25) is 10.0 Å². The van der Waals surface area contributed by atoms with Crippen LogP contribution in [0, 0.1) is 0 Å². The van der Waals surface area contributed by atoms with Crippen LogP contribution in [0.2, 0.25) is 0 Å².